The van der Waals surface area contributed by atoms with Crippen LogP contribution in [0.15, 0.2) is 30.3 Å². The molecule has 0 saturated carbocycles. The summed E-state index contributed by atoms with van der Waals surface area (Å²) < 4.78 is 34.8. The number of sulfone groups is 1. The molecule has 2 heterocycles. The average Bonchev–Trinajstić information content (AvgIpc) is 3.28. The second kappa shape index (κ2) is 10.2. The summed E-state index contributed by atoms with van der Waals surface area (Å²) in [4.78, 5) is 36.2. The van der Waals surface area contributed by atoms with Crippen LogP contribution < -0.4 is 10.1 Å². The zero-order valence-electron chi connectivity index (χ0n) is 17.9. The molecule has 1 N–H and O–H groups in total. The summed E-state index contributed by atoms with van der Waals surface area (Å²) in [7, 11) is -1.72. The molecule has 10 nitrogen and oxygen atoms in total. The number of para-hydroxylation sites is 1. The van der Waals surface area contributed by atoms with Crippen LogP contribution in [0.3, 0.4) is 0 Å². The van der Waals surface area contributed by atoms with Crippen molar-refractivity contribution in [2.24, 2.45) is 0 Å². The summed E-state index contributed by atoms with van der Waals surface area (Å²) >= 11 is 6.34. The van der Waals surface area contributed by atoms with Crippen LogP contribution in [0.1, 0.15) is 34.1 Å². The highest BCUT2D eigenvalue weighted by Gasteiger charge is 2.31. The molecule has 1 saturated heterocycles. The summed E-state index contributed by atoms with van der Waals surface area (Å²) in [6, 6.07) is 6.00. The van der Waals surface area contributed by atoms with Crippen molar-refractivity contribution < 1.29 is 32.3 Å². The second-order valence-corrected chi connectivity index (χ2v) is 9.90. The molecule has 2 aromatic rings. The Morgan fingerprint density at radius 2 is 2.03 bits per heavy atom. The van der Waals surface area contributed by atoms with E-state index >= 15 is 0 Å². The fourth-order valence-electron chi connectivity index (χ4n) is 3.33. The fourth-order valence-corrected chi connectivity index (χ4v) is 5.40. The van der Waals surface area contributed by atoms with Gasteiger partial charge in [0.05, 0.1) is 35.9 Å². The molecule has 0 spiro atoms. The van der Waals surface area contributed by atoms with Crippen LogP contribution in [0, 0.1) is 6.92 Å². The number of nitrogens with one attached hydrogen (secondary N) is 1. The van der Waals surface area contributed by atoms with Gasteiger partial charge < -0.3 is 9.47 Å². The number of rotatable bonds is 7. The molecule has 3 rings (SSSR count). The first kappa shape index (κ1) is 24.5. The highest BCUT2D eigenvalue weighted by molar-refractivity contribution is 7.91. The molecule has 1 aromatic carbocycles. The summed E-state index contributed by atoms with van der Waals surface area (Å²) in [5.74, 6) is -1.99. The van der Waals surface area contributed by atoms with E-state index in [4.69, 9.17) is 21.1 Å². The van der Waals surface area contributed by atoms with E-state index in [1.54, 1.807) is 25.1 Å². The fraction of sp³-hybridized carbons (Fsp3) is 0.333. The molecule has 2 amide bonds. The third-order valence-electron chi connectivity index (χ3n) is 4.96. The number of carbonyl (C=O) groups is 3. The van der Waals surface area contributed by atoms with Crippen molar-refractivity contribution in [2.75, 3.05) is 25.2 Å². The number of esters is 1. The maximum atomic E-state index is 12.2. The van der Waals surface area contributed by atoms with Crippen molar-refractivity contribution in [3.8, 4) is 5.75 Å². The number of methoxy groups -OCH3 is 1. The Labute approximate surface area is 195 Å². The van der Waals surface area contributed by atoms with E-state index in [-0.39, 0.29) is 28.3 Å². The molecule has 0 radical (unpaired) electrons. The number of hydrogen-bond donors (Lipinski definition) is 1. The van der Waals surface area contributed by atoms with Gasteiger partial charge in [0, 0.05) is 11.6 Å². The quantitative estimate of drug-likeness (QED) is 0.453. The van der Waals surface area contributed by atoms with Gasteiger partial charge in [-0.1, -0.05) is 23.7 Å². The van der Waals surface area contributed by atoms with Crippen molar-refractivity contribution >= 4 is 45.3 Å². The van der Waals surface area contributed by atoms with E-state index in [1.165, 1.54) is 23.9 Å². The number of benzene rings is 1. The lowest BCUT2D eigenvalue weighted by Crippen LogP contribution is -2.34. The number of amides is 2. The number of hydrogen-bond acceptors (Lipinski definition) is 8. The van der Waals surface area contributed by atoms with Crippen LogP contribution in [0.4, 0.5) is 0 Å². The number of ether oxygens (including phenoxy) is 2. The van der Waals surface area contributed by atoms with Gasteiger partial charge in [-0.3, -0.25) is 14.9 Å². The maximum Gasteiger partial charge on any atom is 0.331 e. The predicted octanol–water partition coefficient (Wildman–Crippen LogP) is 1.73. The highest BCUT2D eigenvalue weighted by Crippen LogP contribution is 2.30. The van der Waals surface area contributed by atoms with Crippen LogP contribution >= 0.6 is 11.6 Å². The first-order chi connectivity index (χ1) is 15.6. The van der Waals surface area contributed by atoms with Gasteiger partial charge in [-0.05, 0) is 31.6 Å². The van der Waals surface area contributed by atoms with Gasteiger partial charge in [0.25, 0.3) is 11.8 Å². The molecule has 0 bridgehead atoms. The number of imide groups is 1. The summed E-state index contributed by atoms with van der Waals surface area (Å²) in [6.45, 7) is 1.00. The third-order valence-corrected chi connectivity index (χ3v) is 7.09. The second-order valence-electron chi connectivity index (χ2n) is 7.31. The van der Waals surface area contributed by atoms with E-state index < -0.39 is 34.2 Å². The normalized spacial score (nSPS) is 17.1. The van der Waals surface area contributed by atoms with E-state index in [0.717, 1.165) is 6.08 Å². The Morgan fingerprint density at radius 1 is 1.30 bits per heavy atom. The first-order valence-electron chi connectivity index (χ1n) is 9.88. The SMILES string of the molecule is COc1ccccc1C(=O)NC(=O)COC(=O)C=Cc1c(C)nn(C2CCS(=O)(=O)C2)c1Cl. The molecule has 33 heavy (non-hydrogen) atoms. The van der Waals surface area contributed by atoms with E-state index in [1.807, 2.05) is 0 Å². The van der Waals surface area contributed by atoms with Crippen LogP contribution in [-0.2, 0) is 24.2 Å². The van der Waals surface area contributed by atoms with Crippen LogP contribution in [0.2, 0.25) is 5.15 Å². The molecule has 1 unspecified atom stereocenters. The van der Waals surface area contributed by atoms with Crippen LogP contribution in [0.5, 0.6) is 5.75 Å². The minimum absolute atomic E-state index is 0.0400. The zero-order valence-corrected chi connectivity index (χ0v) is 19.5. The predicted molar refractivity (Wildman–Crippen MR) is 120 cm³/mol. The van der Waals surface area contributed by atoms with Crippen molar-refractivity contribution in [3.05, 3.63) is 52.3 Å². The van der Waals surface area contributed by atoms with Gasteiger partial charge in [-0.2, -0.15) is 5.10 Å². The van der Waals surface area contributed by atoms with Gasteiger partial charge in [0.1, 0.15) is 10.9 Å². The van der Waals surface area contributed by atoms with Crippen molar-refractivity contribution in [2.45, 2.75) is 19.4 Å². The summed E-state index contributed by atoms with van der Waals surface area (Å²) in [5.41, 5.74) is 1.11. The summed E-state index contributed by atoms with van der Waals surface area (Å²) in [6.07, 6.45) is 2.86. The molecule has 1 aliphatic heterocycles. The van der Waals surface area contributed by atoms with Gasteiger partial charge in [-0.15, -0.1) is 0 Å². The van der Waals surface area contributed by atoms with Crippen molar-refractivity contribution in [1.29, 1.82) is 0 Å². The van der Waals surface area contributed by atoms with E-state index in [2.05, 4.69) is 10.4 Å². The molecule has 176 valence electrons. The minimum atomic E-state index is -3.12. The number of carbonyl (C=O) groups excluding carboxylic acids is 3. The Bertz CT molecular complexity index is 1220. The molecule has 1 fully saturated rings. The minimum Gasteiger partial charge on any atom is -0.496 e. The molecular formula is C21H22ClN3O7S. The highest BCUT2D eigenvalue weighted by atomic mass is 35.5. The topological polar surface area (TPSA) is 134 Å². The molecule has 1 atom stereocenters. The van der Waals surface area contributed by atoms with Gasteiger partial charge >= 0.3 is 5.97 Å². The Kier molecular flexibility index (Phi) is 7.54. The molecule has 0 aliphatic carbocycles. The van der Waals surface area contributed by atoms with Crippen LogP contribution in [0.25, 0.3) is 6.08 Å². The number of aryl methyl sites for hydroxylation is 1. The Balaban J connectivity index is 1.56. The molecular weight excluding hydrogens is 474 g/mol. The van der Waals surface area contributed by atoms with E-state index in [0.29, 0.717) is 23.4 Å². The standard InChI is InChI=1S/C21H22ClN3O7S/c1-13-15(20(22)25(24-13)14-9-10-33(29,30)12-14)7-8-19(27)32-11-18(26)23-21(28)16-5-3-4-6-17(16)31-2/h3-8,14H,9-12H2,1-2H3,(H,23,26,28). The maximum absolute atomic E-state index is 12.2. The number of nitrogens with zero attached hydrogens (tertiary/aromatic N) is 2. The Morgan fingerprint density at radius 3 is 2.70 bits per heavy atom. The molecule has 1 aromatic heterocycles. The van der Waals surface area contributed by atoms with Gasteiger partial charge in [-0.25, -0.2) is 17.9 Å². The molecule has 1 aliphatic rings. The van der Waals surface area contributed by atoms with Crippen molar-refractivity contribution in [3.63, 3.8) is 0 Å². The number of aromatic nitrogens is 2. The first-order valence-corrected chi connectivity index (χ1v) is 12.1. The van der Waals surface area contributed by atoms with Crippen molar-refractivity contribution in [1.82, 2.24) is 15.1 Å². The Hall–Kier alpha value is -3.18. The van der Waals surface area contributed by atoms with Crippen LogP contribution in [-0.4, -0.2) is 61.2 Å². The lowest BCUT2D eigenvalue weighted by atomic mass is 10.2. The lowest BCUT2D eigenvalue weighted by molar-refractivity contribution is -0.143. The third kappa shape index (κ3) is 5.99. The summed E-state index contributed by atoms with van der Waals surface area (Å²) in [5, 5.41) is 6.61. The monoisotopic (exact) mass is 495 g/mol. The van der Waals surface area contributed by atoms with E-state index in [9.17, 15) is 22.8 Å². The zero-order chi connectivity index (χ0) is 24.2. The number of halogens is 1. The van der Waals surface area contributed by atoms with Gasteiger partial charge in [0.2, 0.25) is 0 Å². The van der Waals surface area contributed by atoms with Gasteiger partial charge in [0.15, 0.2) is 16.4 Å². The average molecular weight is 496 g/mol. The lowest BCUT2D eigenvalue weighted by Gasteiger charge is -2.09. The molecule has 12 heteroatoms. The largest absolute Gasteiger partial charge is 0.496 e. The smallest absolute Gasteiger partial charge is 0.331 e.